The van der Waals surface area contributed by atoms with Crippen molar-refractivity contribution in [1.82, 2.24) is 9.80 Å². The molecule has 0 aromatic carbocycles. The van der Waals surface area contributed by atoms with Crippen LogP contribution in [0.1, 0.15) is 53.4 Å². The van der Waals surface area contributed by atoms with Gasteiger partial charge in [0, 0.05) is 24.7 Å². The van der Waals surface area contributed by atoms with Gasteiger partial charge in [-0.15, -0.1) is 0 Å². The topological polar surface area (TPSA) is 6.48 Å². The molecule has 1 aliphatic carbocycles. The van der Waals surface area contributed by atoms with Crippen molar-refractivity contribution in [1.29, 1.82) is 0 Å². The van der Waals surface area contributed by atoms with E-state index in [0.717, 1.165) is 6.04 Å². The molecule has 3 aliphatic rings. The molecular weight excluding hydrogens is 208 g/mol. The molecule has 0 aromatic heterocycles. The average molecular weight is 238 g/mol. The van der Waals surface area contributed by atoms with E-state index in [1.165, 1.54) is 45.3 Å². The van der Waals surface area contributed by atoms with Gasteiger partial charge in [0.1, 0.15) is 0 Å². The van der Waals surface area contributed by atoms with Crippen molar-refractivity contribution in [2.75, 3.05) is 26.7 Å². The molecule has 2 saturated heterocycles. The summed E-state index contributed by atoms with van der Waals surface area (Å²) >= 11 is 0. The first-order valence-corrected chi connectivity index (χ1v) is 7.49. The second kappa shape index (κ2) is 4.55. The van der Waals surface area contributed by atoms with E-state index in [1.54, 1.807) is 0 Å². The lowest BCUT2D eigenvalue weighted by atomic mass is 9.61. The summed E-state index contributed by atoms with van der Waals surface area (Å²) in [4.78, 5) is 5.31. The van der Waals surface area contributed by atoms with Gasteiger partial charge >= 0.3 is 0 Å². The summed E-state index contributed by atoms with van der Waals surface area (Å²) in [7, 11) is 2.28. The van der Waals surface area contributed by atoms with E-state index in [1.807, 2.05) is 13.8 Å². The Balaban J connectivity index is 0.000000514. The lowest BCUT2D eigenvalue weighted by molar-refractivity contribution is -0.118. The summed E-state index contributed by atoms with van der Waals surface area (Å²) in [5, 5.41) is 0. The van der Waals surface area contributed by atoms with Gasteiger partial charge in [-0.3, -0.25) is 4.90 Å². The first-order chi connectivity index (χ1) is 8.04. The Hall–Kier alpha value is -0.0800. The molecule has 2 atom stereocenters. The molecule has 0 bridgehead atoms. The first kappa shape index (κ1) is 13.4. The van der Waals surface area contributed by atoms with Crippen molar-refractivity contribution in [3.05, 3.63) is 0 Å². The maximum Gasteiger partial charge on any atom is 0.0170 e. The van der Waals surface area contributed by atoms with Gasteiger partial charge in [0.05, 0.1) is 0 Å². The smallest absolute Gasteiger partial charge is 0.0170 e. The summed E-state index contributed by atoms with van der Waals surface area (Å²) in [6, 6.07) is 0.909. The predicted molar refractivity (Wildman–Crippen MR) is 74.3 cm³/mol. The van der Waals surface area contributed by atoms with Gasteiger partial charge in [-0.1, -0.05) is 13.8 Å². The lowest BCUT2D eigenvalue weighted by Crippen LogP contribution is -2.68. The van der Waals surface area contributed by atoms with Gasteiger partial charge in [0.25, 0.3) is 0 Å². The molecule has 2 nitrogen and oxygen atoms in total. The molecule has 1 spiro atoms. The summed E-state index contributed by atoms with van der Waals surface area (Å²) in [6.45, 7) is 12.9. The number of rotatable bonds is 1. The Kier molecular flexibility index (Phi) is 3.57. The number of nitrogens with zero attached hydrogens (tertiary/aromatic N) is 2. The van der Waals surface area contributed by atoms with E-state index >= 15 is 0 Å². The van der Waals surface area contributed by atoms with Crippen LogP contribution in [0, 0.1) is 5.41 Å². The third-order valence-corrected chi connectivity index (χ3v) is 5.32. The molecule has 1 saturated carbocycles. The zero-order chi connectivity index (χ0) is 12.7. The normalized spacial score (nSPS) is 40.4. The fraction of sp³-hybridized carbons (Fsp3) is 1.00. The van der Waals surface area contributed by atoms with Crippen LogP contribution < -0.4 is 0 Å². The van der Waals surface area contributed by atoms with Gasteiger partial charge in [-0.2, -0.15) is 0 Å². The SMILES string of the molecule is CC.CN1CCC2(CCC2N2CCC2(C)C)C1. The fourth-order valence-electron chi connectivity index (χ4n) is 4.02. The summed E-state index contributed by atoms with van der Waals surface area (Å²) < 4.78 is 0. The summed E-state index contributed by atoms with van der Waals surface area (Å²) in [5.74, 6) is 0. The average Bonchev–Trinajstić information content (AvgIpc) is 2.70. The lowest BCUT2D eigenvalue weighted by Gasteiger charge is -2.62. The molecule has 0 N–H and O–H groups in total. The highest BCUT2D eigenvalue weighted by atomic mass is 15.3. The van der Waals surface area contributed by atoms with Gasteiger partial charge in [-0.05, 0) is 58.5 Å². The highest BCUT2D eigenvalue weighted by molar-refractivity contribution is 5.10. The number of likely N-dealkylation sites (tertiary alicyclic amines) is 2. The molecule has 2 unspecified atom stereocenters. The summed E-state index contributed by atoms with van der Waals surface area (Å²) in [6.07, 6.45) is 5.78. The van der Waals surface area contributed by atoms with Crippen LogP contribution in [0.5, 0.6) is 0 Å². The van der Waals surface area contributed by atoms with E-state index in [9.17, 15) is 0 Å². The Morgan fingerprint density at radius 2 is 1.71 bits per heavy atom. The van der Waals surface area contributed by atoms with Crippen LogP contribution in [0.3, 0.4) is 0 Å². The molecule has 17 heavy (non-hydrogen) atoms. The monoisotopic (exact) mass is 238 g/mol. The maximum atomic E-state index is 2.79. The quantitative estimate of drug-likeness (QED) is 0.693. The molecule has 3 fully saturated rings. The second-order valence-electron chi connectivity index (χ2n) is 6.66. The Morgan fingerprint density at radius 1 is 1.00 bits per heavy atom. The molecule has 3 rings (SSSR count). The predicted octanol–water partition coefficient (Wildman–Crippen LogP) is 2.98. The van der Waals surface area contributed by atoms with Gasteiger partial charge in [-0.25, -0.2) is 0 Å². The van der Waals surface area contributed by atoms with Crippen molar-refractivity contribution in [3.63, 3.8) is 0 Å². The molecule has 2 aliphatic heterocycles. The Morgan fingerprint density at radius 3 is 2.00 bits per heavy atom. The van der Waals surface area contributed by atoms with Crippen LogP contribution in [-0.2, 0) is 0 Å². The van der Waals surface area contributed by atoms with Crippen molar-refractivity contribution < 1.29 is 0 Å². The minimum Gasteiger partial charge on any atom is -0.306 e. The molecule has 0 radical (unpaired) electrons. The molecular formula is C15H30N2. The molecule has 0 amide bonds. The molecule has 0 aromatic rings. The number of hydrogen-bond donors (Lipinski definition) is 0. The van der Waals surface area contributed by atoms with Crippen molar-refractivity contribution in [3.8, 4) is 0 Å². The zero-order valence-electron chi connectivity index (χ0n) is 12.4. The maximum absolute atomic E-state index is 2.79. The fourth-order valence-corrected chi connectivity index (χ4v) is 4.02. The van der Waals surface area contributed by atoms with Crippen LogP contribution in [0.2, 0.25) is 0 Å². The van der Waals surface area contributed by atoms with Crippen LogP contribution in [0.15, 0.2) is 0 Å². The van der Waals surface area contributed by atoms with Crippen LogP contribution >= 0.6 is 0 Å². The minimum atomic E-state index is 0.499. The van der Waals surface area contributed by atoms with Crippen molar-refractivity contribution in [2.45, 2.75) is 65.0 Å². The molecule has 2 heteroatoms. The highest BCUT2D eigenvalue weighted by Gasteiger charge is 2.56. The first-order valence-electron chi connectivity index (χ1n) is 7.49. The Bertz CT molecular complexity index is 274. The van der Waals surface area contributed by atoms with Crippen molar-refractivity contribution in [2.24, 2.45) is 5.41 Å². The largest absolute Gasteiger partial charge is 0.306 e. The van der Waals surface area contributed by atoms with Crippen LogP contribution in [-0.4, -0.2) is 48.1 Å². The number of hydrogen-bond acceptors (Lipinski definition) is 2. The standard InChI is InChI=1S/C13H24N2.C2H6/c1-12(2)6-9-15(12)11-4-5-13(11)7-8-14(3)10-13;1-2/h11H,4-10H2,1-3H3;1-2H3. The van der Waals surface area contributed by atoms with E-state index in [2.05, 4.69) is 30.7 Å². The third-order valence-electron chi connectivity index (χ3n) is 5.32. The van der Waals surface area contributed by atoms with Gasteiger partial charge in [0.2, 0.25) is 0 Å². The highest BCUT2D eigenvalue weighted by Crippen LogP contribution is 2.53. The van der Waals surface area contributed by atoms with E-state index in [-0.39, 0.29) is 0 Å². The molecule has 2 heterocycles. The molecule has 100 valence electrons. The van der Waals surface area contributed by atoms with Gasteiger partial charge in [0.15, 0.2) is 0 Å². The zero-order valence-corrected chi connectivity index (χ0v) is 12.4. The minimum absolute atomic E-state index is 0.499. The summed E-state index contributed by atoms with van der Waals surface area (Å²) in [5.41, 5.74) is 1.19. The van der Waals surface area contributed by atoms with Crippen molar-refractivity contribution >= 4 is 0 Å². The van der Waals surface area contributed by atoms with E-state index < -0.39 is 0 Å². The Labute approximate surface area is 107 Å². The van der Waals surface area contributed by atoms with Crippen LogP contribution in [0.25, 0.3) is 0 Å². The van der Waals surface area contributed by atoms with Gasteiger partial charge < -0.3 is 4.90 Å². The van der Waals surface area contributed by atoms with Crippen LogP contribution in [0.4, 0.5) is 0 Å². The van der Waals surface area contributed by atoms with E-state index in [0.29, 0.717) is 11.0 Å². The van der Waals surface area contributed by atoms with E-state index in [4.69, 9.17) is 0 Å². The third kappa shape index (κ3) is 2.04. The second-order valence-corrected chi connectivity index (χ2v) is 6.66.